The maximum atomic E-state index is 12.9. The van der Waals surface area contributed by atoms with Crippen molar-refractivity contribution in [1.82, 2.24) is 14.9 Å². The Morgan fingerprint density at radius 3 is 2.70 bits per heavy atom. The van der Waals surface area contributed by atoms with Crippen molar-refractivity contribution in [1.29, 1.82) is 0 Å². The van der Waals surface area contributed by atoms with Gasteiger partial charge in [-0.3, -0.25) is 4.79 Å². The number of hydrogen-bond acceptors (Lipinski definition) is 6. The fourth-order valence-corrected chi connectivity index (χ4v) is 3.42. The summed E-state index contributed by atoms with van der Waals surface area (Å²) in [5.41, 5.74) is 2.74. The van der Waals surface area contributed by atoms with Gasteiger partial charge in [0.15, 0.2) is 0 Å². The number of carbonyl (C=O) groups excluding carboxylic acids is 1. The van der Waals surface area contributed by atoms with E-state index in [0.29, 0.717) is 38.5 Å². The molecule has 0 radical (unpaired) electrons. The second-order valence-corrected chi connectivity index (χ2v) is 6.68. The Hall–Kier alpha value is -2.67. The lowest BCUT2D eigenvalue weighted by molar-refractivity contribution is 0.0731. The van der Waals surface area contributed by atoms with Gasteiger partial charge in [0.2, 0.25) is 5.95 Å². The number of nitrogens with zero attached hydrogens (tertiary/aromatic N) is 4. The molecule has 142 valence electrons. The lowest BCUT2D eigenvalue weighted by Gasteiger charge is -2.30. The maximum Gasteiger partial charge on any atom is 0.254 e. The predicted molar refractivity (Wildman–Crippen MR) is 101 cm³/mol. The molecule has 0 atom stereocenters. The molecule has 1 saturated heterocycles. The van der Waals surface area contributed by atoms with Gasteiger partial charge >= 0.3 is 0 Å². The molecule has 2 aliphatic rings. The van der Waals surface area contributed by atoms with Gasteiger partial charge in [-0.15, -0.1) is 0 Å². The van der Waals surface area contributed by atoms with Gasteiger partial charge in [0.1, 0.15) is 5.75 Å². The summed E-state index contributed by atoms with van der Waals surface area (Å²) in [7, 11) is 0. The minimum atomic E-state index is 0.0234. The van der Waals surface area contributed by atoms with Gasteiger partial charge in [0.05, 0.1) is 32.1 Å². The quantitative estimate of drug-likeness (QED) is 0.821. The van der Waals surface area contributed by atoms with Gasteiger partial charge in [-0.1, -0.05) is 0 Å². The highest BCUT2D eigenvalue weighted by Gasteiger charge is 2.24. The summed E-state index contributed by atoms with van der Waals surface area (Å²) < 4.78 is 10.8. The molecule has 0 saturated carbocycles. The van der Waals surface area contributed by atoms with E-state index in [9.17, 15) is 4.79 Å². The zero-order valence-electron chi connectivity index (χ0n) is 15.6. The van der Waals surface area contributed by atoms with Crippen molar-refractivity contribution in [3.05, 3.63) is 47.3 Å². The number of hydrogen-bond donors (Lipinski definition) is 0. The van der Waals surface area contributed by atoms with E-state index in [1.54, 1.807) is 0 Å². The van der Waals surface area contributed by atoms with Gasteiger partial charge in [0.25, 0.3) is 5.91 Å². The summed E-state index contributed by atoms with van der Waals surface area (Å²) in [6.07, 6.45) is 2.69. The van der Waals surface area contributed by atoms with Crippen LogP contribution in [0.5, 0.6) is 5.75 Å². The van der Waals surface area contributed by atoms with Gasteiger partial charge in [-0.2, -0.15) is 0 Å². The molecule has 2 aliphatic heterocycles. The number of rotatable bonds is 4. The number of fused-ring (bicyclic) bond motifs is 1. The molecular weight excluding hydrogens is 344 g/mol. The maximum absolute atomic E-state index is 12.9. The van der Waals surface area contributed by atoms with Crippen LogP contribution in [0.15, 0.2) is 30.5 Å². The van der Waals surface area contributed by atoms with Crippen LogP contribution in [0.25, 0.3) is 0 Å². The van der Waals surface area contributed by atoms with E-state index in [0.717, 1.165) is 42.5 Å². The number of carbonyl (C=O) groups is 1. The van der Waals surface area contributed by atoms with Crippen molar-refractivity contribution < 1.29 is 14.3 Å². The monoisotopic (exact) mass is 368 g/mol. The fourth-order valence-electron chi connectivity index (χ4n) is 3.42. The summed E-state index contributed by atoms with van der Waals surface area (Å²) in [5, 5.41) is 0. The van der Waals surface area contributed by atoms with Crippen LogP contribution in [0, 0.1) is 0 Å². The van der Waals surface area contributed by atoms with E-state index in [2.05, 4.69) is 9.88 Å². The van der Waals surface area contributed by atoms with Gasteiger partial charge in [0, 0.05) is 31.4 Å². The van der Waals surface area contributed by atoms with E-state index in [-0.39, 0.29) is 5.91 Å². The highest BCUT2D eigenvalue weighted by atomic mass is 16.5. The molecule has 7 nitrogen and oxygen atoms in total. The molecular formula is C20H24N4O3. The first-order chi connectivity index (χ1) is 13.2. The smallest absolute Gasteiger partial charge is 0.254 e. The average molecular weight is 368 g/mol. The van der Waals surface area contributed by atoms with Crippen molar-refractivity contribution in [3.63, 3.8) is 0 Å². The first kappa shape index (κ1) is 17.7. The topological polar surface area (TPSA) is 67.8 Å². The molecule has 2 aromatic rings. The number of anilines is 1. The van der Waals surface area contributed by atoms with Crippen LogP contribution in [0.1, 0.15) is 28.5 Å². The summed E-state index contributed by atoms with van der Waals surface area (Å²) in [5.74, 6) is 1.53. The Balaban J connectivity index is 1.48. The fraction of sp³-hybridized carbons (Fsp3) is 0.450. The summed E-state index contributed by atoms with van der Waals surface area (Å²) >= 11 is 0. The van der Waals surface area contributed by atoms with Crippen LogP contribution in [-0.4, -0.2) is 60.2 Å². The standard InChI is InChI=1S/C20H24N4O3/c1-2-27-17-5-3-15(4-6-17)19(25)24-8-7-16-13-21-20(22-18(16)14-24)23-9-11-26-12-10-23/h3-6,13H,2,7-12,14H2,1H3. The number of benzene rings is 1. The molecule has 27 heavy (non-hydrogen) atoms. The highest BCUT2D eigenvalue weighted by Crippen LogP contribution is 2.22. The Kier molecular flexibility index (Phi) is 5.20. The third kappa shape index (κ3) is 3.88. The normalized spacial score (nSPS) is 16.8. The van der Waals surface area contributed by atoms with Crippen LogP contribution >= 0.6 is 0 Å². The molecule has 0 bridgehead atoms. The van der Waals surface area contributed by atoms with Crippen molar-refractivity contribution >= 4 is 11.9 Å². The van der Waals surface area contributed by atoms with Crippen LogP contribution in [0.3, 0.4) is 0 Å². The predicted octanol–water partition coefficient (Wildman–Crippen LogP) is 1.91. The van der Waals surface area contributed by atoms with E-state index in [4.69, 9.17) is 14.5 Å². The molecule has 1 aromatic carbocycles. The second-order valence-electron chi connectivity index (χ2n) is 6.68. The molecule has 1 amide bonds. The van der Waals surface area contributed by atoms with Crippen LogP contribution < -0.4 is 9.64 Å². The highest BCUT2D eigenvalue weighted by molar-refractivity contribution is 5.94. The number of ether oxygens (including phenoxy) is 2. The van der Waals surface area contributed by atoms with E-state index < -0.39 is 0 Å². The number of aromatic nitrogens is 2. The summed E-state index contributed by atoms with van der Waals surface area (Å²) in [4.78, 5) is 26.1. The molecule has 4 rings (SSSR count). The number of morpholine rings is 1. The summed E-state index contributed by atoms with van der Waals surface area (Å²) in [6.45, 7) is 6.74. The molecule has 0 aliphatic carbocycles. The minimum Gasteiger partial charge on any atom is -0.494 e. The Morgan fingerprint density at radius 2 is 1.96 bits per heavy atom. The van der Waals surface area contributed by atoms with Crippen molar-refractivity contribution in [3.8, 4) is 5.75 Å². The van der Waals surface area contributed by atoms with Gasteiger partial charge in [-0.05, 0) is 43.2 Å². The molecule has 1 aromatic heterocycles. The first-order valence-electron chi connectivity index (χ1n) is 9.44. The molecule has 7 heteroatoms. The van der Waals surface area contributed by atoms with Crippen LogP contribution in [0.2, 0.25) is 0 Å². The van der Waals surface area contributed by atoms with E-state index in [1.807, 2.05) is 42.3 Å². The second kappa shape index (κ2) is 7.92. The Morgan fingerprint density at radius 1 is 1.19 bits per heavy atom. The molecule has 0 unspecified atom stereocenters. The molecule has 3 heterocycles. The zero-order chi connectivity index (χ0) is 18.6. The van der Waals surface area contributed by atoms with E-state index >= 15 is 0 Å². The van der Waals surface area contributed by atoms with Crippen molar-refractivity contribution in [2.24, 2.45) is 0 Å². The average Bonchev–Trinajstić information content (AvgIpc) is 2.74. The van der Waals surface area contributed by atoms with E-state index in [1.165, 1.54) is 0 Å². The van der Waals surface area contributed by atoms with Gasteiger partial charge in [-0.25, -0.2) is 9.97 Å². The third-order valence-corrected chi connectivity index (χ3v) is 4.93. The minimum absolute atomic E-state index is 0.0234. The van der Waals surface area contributed by atoms with Crippen molar-refractivity contribution in [2.75, 3.05) is 44.4 Å². The number of amides is 1. The lowest BCUT2D eigenvalue weighted by atomic mass is 10.1. The summed E-state index contributed by atoms with van der Waals surface area (Å²) in [6, 6.07) is 7.32. The lowest BCUT2D eigenvalue weighted by Crippen LogP contribution is -2.39. The molecule has 0 spiro atoms. The van der Waals surface area contributed by atoms with Crippen LogP contribution in [0.4, 0.5) is 5.95 Å². The van der Waals surface area contributed by atoms with Crippen molar-refractivity contribution in [2.45, 2.75) is 19.9 Å². The first-order valence-corrected chi connectivity index (χ1v) is 9.44. The zero-order valence-corrected chi connectivity index (χ0v) is 15.6. The Bertz CT molecular complexity index is 803. The van der Waals surface area contributed by atoms with Gasteiger partial charge < -0.3 is 19.3 Å². The Labute approximate surface area is 158 Å². The largest absolute Gasteiger partial charge is 0.494 e. The third-order valence-electron chi connectivity index (χ3n) is 4.93. The van der Waals surface area contributed by atoms with Crippen LogP contribution in [-0.2, 0) is 17.7 Å². The SMILES string of the molecule is CCOc1ccc(C(=O)N2CCc3cnc(N4CCOCC4)nc3C2)cc1. The molecule has 1 fully saturated rings. The molecule has 0 N–H and O–H groups in total.